The maximum absolute atomic E-state index is 12.3. The van der Waals surface area contributed by atoms with Crippen LogP contribution in [0.1, 0.15) is 52.5 Å². The zero-order valence-electron chi connectivity index (χ0n) is 14.8. The molecule has 0 atom stereocenters. The van der Waals surface area contributed by atoms with Crippen molar-refractivity contribution in [3.8, 4) is 0 Å². The maximum Gasteiger partial charge on any atom is 0.261 e. The summed E-state index contributed by atoms with van der Waals surface area (Å²) >= 11 is 0. The molecule has 0 saturated carbocycles. The van der Waals surface area contributed by atoms with E-state index in [0.29, 0.717) is 11.1 Å². The van der Waals surface area contributed by atoms with Gasteiger partial charge in [0.1, 0.15) is 0 Å². The van der Waals surface area contributed by atoms with Gasteiger partial charge in [0, 0.05) is 18.7 Å². The summed E-state index contributed by atoms with van der Waals surface area (Å²) in [5.74, 6) is -0.889. The van der Waals surface area contributed by atoms with Crippen LogP contribution in [0.25, 0.3) is 0 Å². The number of amides is 3. The highest BCUT2D eigenvalue weighted by Gasteiger charge is 2.34. The molecule has 0 radical (unpaired) electrons. The number of rotatable bonds is 7. The Balaban J connectivity index is 1.53. The molecule has 3 rings (SSSR count). The van der Waals surface area contributed by atoms with Gasteiger partial charge in [0.15, 0.2) is 0 Å². The minimum Gasteiger partial charge on any atom is -0.326 e. The van der Waals surface area contributed by atoms with Crippen molar-refractivity contribution in [2.75, 3.05) is 11.9 Å². The van der Waals surface area contributed by atoms with E-state index in [1.54, 1.807) is 24.3 Å². The summed E-state index contributed by atoms with van der Waals surface area (Å²) in [5.41, 5.74) is 2.77. The summed E-state index contributed by atoms with van der Waals surface area (Å²) in [6.45, 7) is 2.23. The number of anilines is 1. The van der Waals surface area contributed by atoms with E-state index in [2.05, 4.69) is 12.2 Å². The number of carbonyl (C=O) groups excluding carboxylic acids is 3. The van der Waals surface area contributed by atoms with E-state index in [1.807, 2.05) is 24.3 Å². The van der Waals surface area contributed by atoms with E-state index >= 15 is 0 Å². The average molecular weight is 350 g/mol. The molecule has 1 heterocycles. The van der Waals surface area contributed by atoms with Gasteiger partial charge < -0.3 is 5.32 Å². The highest BCUT2D eigenvalue weighted by atomic mass is 16.2. The van der Waals surface area contributed by atoms with Crippen LogP contribution in [0.2, 0.25) is 0 Å². The van der Waals surface area contributed by atoms with Crippen molar-refractivity contribution in [2.24, 2.45) is 0 Å². The molecule has 1 aliphatic rings. The first-order chi connectivity index (χ1) is 12.6. The van der Waals surface area contributed by atoms with Crippen LogP contribution in [-0.4, -0.2) is 29.2 Å². The largest absolute Gasteiger partial charge is 0.326 e. The van der Waals surface area contributed by atoms with Crippen molar-refractivity contribution < 1.29 is 14.4 Å². The van der Waals surface area contributed by atoms with Crippen LogP contribution >= 0.6 is 0 Å². The number of unbranched alkanes of at least 4 members (excludes halogenated alkanes) is 1. The van der Waals surface area contributed by atoms with Gasteiger partial charge in [0.05, 0.1) is 11.1 Å². The smallest absolute Gasteiger partial charge is 0.261 e. The molecule has 2 aromatic rings. The lowest BCUT2D eigenvalue weighted by Gasteiger charge is -2.13. The van der Waals surface area contributed by atoms with Crippen LogP contribution in [-0.2, 0) is 11.2 Å². The fraction of sp³-hybridized carbons (Fsp3) is 0.286. The number of nitrogens with zero attached hydrogens (tertiary/aromatic N) is 1. The van der Waals surface area contributed by atoms with Gasteiger partial charge in [0.2, 0.25) is 5.91 Å². The van der Waals surface area contributed by atoms with Gasteiger partial charge in [-0.3, -0.25) is 19.3 Å². The molecule has 134 valence electrons. The predicted octanol–water partition coefficient (Wildman–Crippen LogP) is 3.65. The number of hydrogen-bond acceptors (Lipinski definition) is 3. The zero-order valence-corrected chi connectivity index (χ0v) is 14.8. The Morgan fingerprint density at radius 3 is 2.15 bits per heavy atom. The number of carbonyl (C=O) groups is 3. The average Bonchev–Trinajstić information content (AvgIpc) is 2.90. The number of imide groups is 1. The molecule has 2 aromatic carbocycles. The monoisotopic (exact) mass is 350 g/mol. The molecule has 5 nitrogen and oxygen atoms in total. The first kappa shape index (κ1) is 17.9. The van der Waals surface area contributed by atoms with Crippen LogP contribution in [0.5, 0.6) is 0 Å². The molecule has 0 spiro atoms. The molecule has 0 fully saturated rings. The molecule has 1 aliphatic heterocycles. The van der Waals surface area contributed by atoms with Crippen LogP contribution in [0.15, 0.2) is 48.5 Å². The summed E-state index contributed by atoms with van der Waals surface area (Å²) < 4.78 is 0. The molecule has 26 heavy (non-hydrogen) atoms. The van der Waals surface area contributed by atoms with Crippen molar-refractivity contribution in [3.05, 3.63) is 65.2 Å². The van der Waals surface area contributed by atoms with Crippen molar-refractivity contribution in [2.45, 2.75) is 32.6 Å². The molecule has 0 aliphatic carbocycles. The van der Waals surface area contributed by atoms with Gasteiger partial charge in [0.25, 0.3) is 11.8 Å². The van der Waals surface area contributed by atoms with Gasteiger partial charge in [-0.05, 0) is 42.7 Å². The van der Waals surface area contributed by atoms with Crippen molar-refractivity contribution in [3.63, 3.8) is 0 Å². The quantitative estimate of drug-likeness (QED) is 0.775. The van der Waals surface area contributed by atoms with Crippen molar-refractivity contribution >= 4 is 23.4 Å². The summed E-state index contributed by atoms with van der Waals surface area (Å²) in [6, 6.07) is 14.5. The molecule has 0 bridgehead atoms. The molecular weight excluding hydrogens is 328 g/mol. The van der Waals surface area contributed by atoms with Crippen molar-refractivity contribution in [1.82, 2.24) is 4.90 Å². The second-order valence-corrected chi connectivity index (χ2v) is 6.41. The van der Waals surface area contributed by atoms with Gasteiger partial charge in [-0.15, -0.1) is 0 Å². The minimum absolute atomic E-state index is 0.0725. The lowest BCUT2D eigenvalue weighted by Crippen LogP contribution is -2.32. The molecular formula is C21H22N2O3. The molecule has 1 N–H and O–H groups in total. The fourth-order valence-electron chi connectivity index (χ4n) is 3.01. The maximum atomic E-state index is 12.3. The number of benzene rings is 2. The number of aryl methyl sites for hydroxylation is 1. The molecule has 0 saturated heterocycles. The number of nitrogens with one attached hydrogen (secondary N) is 1. The highest BCUT2D eigenvalue weighted by molar-refractivity contribution is 6.21. The Kier molecular flexibility index (Phi) is 5.46. The van der Waals surface area contributed by atoms with E-state index in [1.165, 1.54) is 5.56 Å². The van der Waals surface area contributed by atoms with E-state index in [4.69, 9.17) is 0 Å². The predicted molar refractivity (Wildman–Crippen MR) is 100 cm³/mol. The minimum atomic E-state index is -0.335. The number of fused-ring (bicyclic) bond motifs is 1. The Morgan fingerprint density at radius 1 is 0.962 bits per heavy atom. The number of hydrogen-bond donors (Lipinski definition) is 1. The normalized spacial score (nSPS) is 13.0. The standard InChI is InChI=1S/C21H22N2O3/c1-2-3-6-15-9-11-16(12-10-15)22-19(24)13-14-23-20(25)17-7-4-5-8-18(17)21(23)26/h4-5,7-12H,2-3,6,13-14H2,1H3,(H,22,24). The molecule has 0 aromatic heterocycles. The molecule has 5 heteroatoms. The fourth-order valence-corrected chi connectivity index (χ4v) is 3.01. The Morgan fingerprint density at radius 2 is 1.58 bits per heavy atom. The zero-order chi connectivity index (χ0) is 18.5. The van der Waals surface area contributed by atoms with Crippen LogP contribution in [0.4, 0.5) is 5.69 Å². The Hall–Kier alpha value is -2.95. The van der Waals surface area contributed by atoms with Crippen LogP contribution in [0.3, 0.4) is 0 Å². The SMILES string of the molecule is CCCCc1ccc(NC(=O)CCN2C(=O)c3ccccc3C2=O)cc1. The topological polar surface area (TPSA) is 66.5 Å². The van der Waals surface area contributed by atoms with Crippen molar-refractivity contribution in [1.29, 1.82) is 0 Å². The van der Waals surface area contributed by atoms with E-state index < -0.39 is 0 Å². The molecule has 3 amide bonds. The summed E-state index contributed by atoms with van der Waals surface area (Å²) in [7, 11) is 0. The lowest BCUT2D eigenvalue weighted by atomic mass is 10.1. The van der Waals surface area contributed by atoms with Gasteiger partial charge >= 0.3 is 0 Å². The first-order valence-electron chi connectivity index (χ1n) is 8.94. The summed E-state index contributed by atoms with van der Waals surface area (Å²) in [5, 5.41) is 2.81. The van der Waals surface area contributed by atoms with E-state index in [0.717, 1.165) is 29.8 Å². The van der Waals surface area contributed by atoms with Gasteiger partial charge in [-0.2, -0.15) is 0 Å². The third-order valence-electron chi connectivity index (χ3n) is 4.50. The second-order valence-electron chi connectivity index (χ2n) is 6.41. The third kappa shape index (κ3) is 3.82. The second kappa shape index (κ2) is 7.95. The van der Waals surface area contributed by atoms with Crippen LogP contribution in [0, 0.1) is 0 Å². The van der Waals surface area contributed by atoms with Gasteiger partial charge in [-0.25, -0.2) is 0 Å². The van der Waals surface area contributed by atoms with Gasteiger partial charge in [-0.1, -0.05) is 37.6 Å². The third-order valence-corrected chi connectivity index (χ3v) is 4.50. The van der Waals surface area contributed by atoms with Crippen LogP contribution < -0.4 is 5.32 Å². The Labute approximate surface area is 153 Å². The first-order valence-corrected chi connectivity index (χ1v) is 8.94. The molecule has 0 unspecified atom stereocenters. The summed E-state index contributed by atoms with van der Waals surface area (Å²) in [4.78, 5) is 37.8. The highest BCUT2D eigenvalue weighted by Crippen LogP contribution is 2.22. The van der Waals surface area contributed by atoms with E-state index in [9.17, 15) is 14.4 Å². The van der Waals surface area contributed by atoms with E-state index in [-0.39, 0.29) is 30.7 Å². The lowest BCUT2D eigenvalue weighted by molar-refractivity contribution is -0.116. The Bertz CT molecular complexity index is 792. The summed E-state index contributed by atoms with van der Waals surface area (Å²) in [6.07, 6.45) is 3.40.